The van der Waals surface area contributed by atoms with Crippen molar-refractivity contribution in [2.24, 2.45) is 5.14 Å². The number of sulfonamides is 1. The monoisotopic (exact) mass is 426 g/mol. The molecule has 152 valence electrons. The fourth-order valence-corrected chi connectivity index (χ4v) is 3.17. The van der Waals surface area contributed by atoms with Crippen LogP contribution in [0.15, 0.2) is 76.6 Å². The van der Waals surface area contributed by atoms with Crippen molar-refractivity contribution in [2.45, 2.75) is 4.90 Å². The highest BCUT2D eigenvalue weighted by atomic mass is 32.2. The molecule has 2 aromatic heterocycles. The van der Waals surface area contributed by atoms with Gasteiger partial charge >= 0.3 is 0 Å². The summed E-state index contributed by atoms with van der Waals surface area (Å²) < 4.78 is 42.4. The van der Waals surface area contributed by atoms with Gasteiger partial charge in [-0.2, -0.15) is 4.98 Å². The van der Waals surface area contributed by atoms with Crippen LogP contribution in [0.25, 0.3) is 11.3 Å². The lowest BCUT2D eigenvalue weighted by atomic mass is 10.2. The van der Waals surface area contributed by atoms with Crippen LogP contribution in [0.4, 0.5) is 27.5 Å². The first-order valence-electron chi connectivity index (χ1n) is 8.57. The Morgan fingerprint density at radius 3 is 2.50 bits per heavy atom. The number of nitrogens with one attached hydrogen (secondary N) is 2. The van der Waals surface area contributed by atoms with E-state index in [1.54, 1.807) is 36.5 Å². The summed E-state index contributed by atoms with van der Waals surface area (Å²) >= 11 is 0. The van der Waals surface area contributed by atoms with Gasteiger partial charge in [-0.3, -0.25) is 0 Å². The average molecular weight is 426 g/mol. The molecule has 0 saturated carbocycles. The van der Waals surface area contributed by atoms with Gasteiger partial charge in [0.1, 0.15) is 0 Å². The summed E-state index contributed by atoms with van der Waals surface area (Å²) in [6, 6.07) is 12.9. The van der Waals surface area contributed by atoms with Crippen LogP contribution < -0.4 is 15.8 Å². The van der Waals surface area contributed by atoms with Gasteiger partial charge in [0.05, 0.1) is 17.3 Å². The van der Waals surface area contributed by atoms with E-state index in [1.807, 2.05) is 0 Å². The van der Waals surface area contributed by atoms with Crippen molar-refractivity contribution in [2.75, 3.05) is 10.6 Å². The standard InChI is InChI=1S/C19H15FN6O3S/c20-16-9-23-19(25-14-2-1-3-15(8-14)30(21,27)28)26-18(16)24-13-6-4-12(5-7-13)17-10-22-11-29-17/h1-11H,(H2,21,27,28)(H2,23,24,25,26). The minimum Gasteiger partial charge on any atom is -0.444 e. The molecule has 4 aromatic rings. The maximum absolute atomic E-state index is 14.2. The zero-order valence-corrected chi connectivity index (χ0v) is 16.1. The van der Waals surface area contributed by atoms with Crippen molar-refractivity contribution in [3.05, 3.63) is 73.1 Å². The number of hydrogen-bond acceptors (Lipinski definition) is 8. The van der Waals surface area contributed by atoms with E-state index in [2.05, 4.69) is 25.6 Å². The van der Waals surface area contributed by atoms with Crippen molar-refractivity contribution < 1.29 is 17.2 Å². The molecule has 0 atom stereocenters. The molecule has 0 unspecified atom stereocenters. The molecule has 0 fully saturated rings. The molecule has 11 heteroatoms. The van der Waals surface area contributed by atoms with E-state index in [4.69, 9.17) is 9.56 Å². The number of aromatic nitrogens is 3. The van der Waals surface area contributed by atoms with Crippen LogP contribution in [0.3, 0.4) is 0 Å². The van der Waals surface area contributed by atoms with Crippen molar-refractivity contribution in [1.29, 1.82) is 0 Å². The van der Waals surface area contributed by atoms with Crippen molar-refractivity contribution in [3.8, 4) is 11.3 Å². The SMILES string of the molecule is NS(=O)(=O)c1cccc(Nc2ncc(F)c(Nc3ccc(-c4cnco4)cc3)n2)c1. The third-order valence-corrected chi connectivity index (χ3v) is 4.94. The first-order chi connectivity index (χ1) is 14.4. The van der Waals surface area contributed by atoms with Crippen LogP contribution in [0.2, 0.25) is 0 Å². The highest BCUT2D eigenvalue weighted by molar-refractivity contribution is 7.89. The van der Waals surface area contributed by atoms with Gasteiger partial charge in [-0.25, -0.2) is 27.9 Å². The first kappa shape index (κ1) is 19.5. The Morgan fingerprint density at radius 1 is 1.00 bits per heavy atom. The van der Waals surface area contributed by atoms with Gasteiger partial charge in [0.25, 0.3) is 0 Å². The lowest BCUT2D eigenvalue weighted by Crippen LogP contribution is -2.12. The fourth-order valence-electron chi connectivity index (χ4n) is 2.61. The Balaban J connectivity index is 1.54. The Hall–Kier alpha value is -3.83. The number of benzene rings is 2. The zero-order valence-electron chi connectivity index (χ0n) is 15.3. The smallest absolute Gasteiger partial charge is 0.238 e. The number of rotatable bonds is 6. The molecule has 0 spiro atoms. The molecule has 0 aliphatic heterocycles. The highest BCUT2D eigenvalue weighted by Crippen LogP contribution is 2.24. The summed E-state index contributed by atoms with van der Waals surface area (Å²) in [6.45, 7) is 0. The highest BCUT2D eigenvalue weighted by Gasteiger charge is 2.11. The second-order valence-electron chi connectivity index (χ2n) is 6.16. The molecule has 0 radical (unpaired) electrons. The second-order valence-corrected chi connectivity index (χ2v) is 7.72. The quantitative estimate of drug-likeness (QED) is 0.427. The van der Waals surface area contributed by atoms with Crippen molar-refractivity contribution in [3.63, 3.8) is 0 Å². The van der Waals surface area contributed by atoms with Crippen LogP contribution in [0.1, 0.15) is 0 Å². The average Bonchev–Trinajstić information content (AvgIpc) is 3.26. The van der Waals surface area contributed by atoms with Crippen molar-refractivity contribution in [1.82, 2.24) is 15.0 Å². The molecule has 0 amide bonds. The minimum absolute atomic E-state index is 0.0532. The van der Waals surface area contributed by atoms with Crippen LogP contribution in [0.5, 0.6) is 0 Å². The normalized spacial score (nSPS) is 11.3. The molecule has 9 nitrogen and oxygen atoms in total. The lowest BCUT2D eigenvalue weighted by Gasteiger charge is -2.10. The molecule has 2 heterocycles. The molecule has 0 bridgehead atoms. The number of oxazole rings is 1. The van der Waals surface area contributed by atoms with Gasteiger partial charge < -0.3 is 15.1 Å². The Morgan fingerprint density at radius 2 is 1.80 bits per heavy atom. The number of halogens is 1. The summed E-state index contributed by atoms with van der Waals surface area (Å²) in [6.07, 6.45) is 3.93. The van der Waals surface area contributed by atoms with E-state index >= 15 is 0 Å². The molecule has 2 aromatic carbocycles. The minimum atomic E-state index is -3.86. The van der Waals surface area contributed by atoms with E-state index in [0.29, 0.717) is 17.1 Å². The van der Waals surface area contributed by atoms with Crippen LogP contribution in [-0.4, -0.2) is 23.4 Å². The maximum atomic E-state index is 14.2. The lowest BCUT2D eigenvalue weighted by molar-refractivity contribution is 0.572. The summed E-state index contributed by atoms with van der Waals surface area (Å²) in [5.41, 5.74) is 1.80. The Bertz CT molecular complexity index is 1280. The molecular weight excluding hydrogens is 411 g/mol. The molecule has 30 heavy (non-hydrogen) atoms. The predicted molar refractivity (Wildman–Crippen MR) is 108 cm³/mol. The maximum Gasteiger partial charge on any atom is 0.238 e. The first-order valence-corrected chi connectivity index (χ1v) is 10.1. The third kappa shape index (κ3) is 4.42. The molecule has 0 saturated heterocycles. The number of nitrogens with two attached hydrogens (primary N) is 1. The van der Waals surface area contributed by atoms with Gasteiger partial charge in [0.15, 0.2) is 23.8 Å². The van der Waals surface area contributed by atoms with Gasteiger partial charge in [-0.1, -0.05) is 6.07 Å². The third-order valence-electron chi connectivity index (χ3n) is 4.03. The van der Waals surface area contributed by atoms with E-state index in [0.717, 1.165) is 11.8 Å². The Labute approximate surface area is 170 Å². The topological polar surface area (TPSA) is 136 Å². The second kappa shape index (κ2) is 7.89. The molecular formula is C19H15FN6O3S. The zero-order chi connectivity index (χ0) is 21.1. The molecule has 4 N–H and O–H groups in total. The van der Waals surface area contributed by atoms with Gasteiger partial charge in [0, 0.05) is 16.9 Å². The van der Waals surface area contributed by atoms with E-state index < -0.39 is 15.8 Å². The fraction of sp³-hybridized carbons (Fsp3) is 0. The number of primary sulfonamides is 1. The van der Waals surface area contributed by atoms with E-state index in [9.17, 15) is 12.8 Å². The van der Waals surface area contributed by atoms with Crippen LogP contribution in [-0.2, 0) is 10.0 Å². The summed E-state index contributed by atoms with van der Waals surface area (Å²) in [5.74, 6) is -0.0209. The van der Waals surface area contributed by atoms with E-state index in [-0.39, 0.29) is 16.7 Å². The Kier molecular flexibility index (Phi) is 5.12. The largest absolute Gasteiger partial charge is 0.444 e. The van der Waals surface area contributed by atoms with E-state index in [1.165, 1.54) is 24.6 Å². The van der Waals surface area contributed by atoms with Gasteiger partial charge in [-0.15, -0.1) is 0 Å². The number of hydrogen-bond donors (Lipinski definition) is 3. The van der Waals surface area contributed by atoms with Crippen LogP contribution in [0, 0.1) is 5.82 Å². The number of anilines is 4. The molecule has 0 aliphatic carbocycles. The van der Waals surface area contributed by atoms with Gasteiger partial charge in [-0.05, 0) is 42.5 Å². The van der Waals surface area contributed by atoms with Gasteiger partial charge in [0.2, 0.25) is 16.0 Å². The summed E-state index contributed by atoms with van der Waals surface area (Å²) in [5, 5.41) is 10.8. The predicted octanol–water partition coefficient (Wildman–Crippen LogP) is 3.41. The van der Waals surface area contributed by atoms with Crippen molar-refractivity contribution >= 4 is 33.2 Å². The molecule has 0 aliphatic rings. The number of nitrogens with zero attached hydrogens (tertiary/aromatic N) is 3. The summed E-state index contributed by atoms with van der Waals surface area (Å²) in [7, 11) is -3.86. The molecule has 4 rings (SSSR count). The van der Waals surface area contributed by atoms with Crippen LogP contribution >= 0.6 is 0 Å². The summed E-state index contributed by atoms with van der Waals surface area (Å²) in [4.78, 5) is 11.8.